The summed E-state index contributed by atoms with van der Waals surface area (Å²) in [5.41, 5.74) is 2.18. The Morgan fingerprint density at radius 1 is 0.943 bits per heavy atom. The van der Waals surface area contributed by atoms with Gasteiger partial charge in [-0.05, 0) is 55.7 Å². The summed E-state index contributed by atoms with van der Waals surface area (Å²) in [5.74, 6) is 1.22. The van der Waals surface area contributed by atoms with Crippen LogP contribution in [0.3, 0.4) is 0 Å². The molecule has 0 bridgehead atoms. The maximum Gasteiger partial charge on any atom is 0.266 e. The van der Waals surface area contributed by atoms with Crippen molar-refractivity contribution in [2.45, 2.75) is 33.7 Å². The maximum atomic E-state index is 13.7. The highest BCUT2D eigenvalue weighted by molar-refractivity contribution is 5.79. The molecule has 0 spiro atoms. The van der Waals surface area contributed by atoms with Gasteiger partial charge in [0.2, 0.25) is 0 Å². The molecule has 1 amide bonds. The second kappa shape index (κ2) is 10.6. The number of para-hydroxylation sites is 3. The molecule has 0 saturated carbocycles. The highest BCUT2D eigenvalue weighted by Gasteiger charge is 2.28. The largest absolute Gasteiger partial charge is 0.484 e. The van der Waals surface area contributed by atoms with Gasteiger partial charge in [-0.3, -0.25) is 14.2 Å². The zero-order chi connectivity index (χ0) is 24.9. The number of carbonyl (C=O) groups excluding carboxylic acids is 1. The molecule has 3 aromatic carbocycles. The molecular weight excluding hydrogens is 438 g/mol. The predicted molar refractivity (Wildman–Crippen MR) is 139 cm³/mol. The van der Waals surface area contributed by atoms with E-state index in [2.05, 4.69) is 13.8 Å². The predicted octanol–water partition coefficient (Wildman–Crippen LogP) is 5.32. The Hall–Kier alpha value is -3.93. The van der Waals surface area contributed by atoms with E-state index >= 15 is 0 Å². The van der Waals surface area contributed by atoms with Gasteiger partial charge in [-0.2, -0.15) is 0 Å². The Labute approximate surface area is 205 Å². The minimum Gasteiger partial charge on any atom is -0.484 e. The van der Waals surface area contributed by atoms with Crippen LogP contribution in [0.2, 0.25) is 0 Å². The second-order valence-electron chi connectivity index (χ2n) is 9.13. The third-order valence-corrected chi connectivity index (χ3v) is 5.99. The van der Waals surface area contributed by atoms with Crippen LogP contribution in [-0.2, 0) is 4.79 Å². The summed E-state index contributed by atoms with van der Waals surface area (Å²) >= 11 is 0. The quantitative estimate of drug-likeness (QED) is 0.350. The van der Waals surface area contributed by atoms with Gasteiger partial charge in [-0.1, -0.05) is 62.4 Å². The van der Waals surface area contributed by atoms with Crippen LogP contribution in [-0.4, -0.2) is 33.5 Å². The SMILES string of the molecule is Cc1ccccc1-n1c(C(C)N(CC(C)C)C(=O)COc2ccccc2)nc2ccccc2c1=O. The highest BCUT2D eigenvalue weighted by atomic mass is 16.5. The molecule has 0 N–H and O–H groups in total. The lowest BCUT2D eigenvalue weighted by atomic mass is 10.1. The lowest BCUT2D eigenvalue weighted by Crippen LogP contribution is -2.41. The third kappa shape index (κ3) is 5.27. The molecule has 6 heteroatoms. The van der Waals surface area contributed by atoms with Crippen molar-refractivity contribution < 1.29 is 9.53 Å². The molecule has 1 atom stereocenters. The number of benzene rings is 3. The minimum absolute atomic E-state index is 0.0940. The first-order valence-electron chi connectivity index (χ1n) is 11.9. The van der Waals surface area contributed by atoms with E-state index < -0.39 is 6.04 Å². The van der Waals surface area contributed by atoms with Gasteiger partial charge in [-0.15, -0.1) is 0 Å². The van der Waals surface area contributed by atoms with Crippen LogP contribution in [0.25, 0.3) is 16.6 Å². The Balaban J connectivity index is 1.80. The molecule has 35 heavy (non-hydrogen) atoms. The Kier molecular flexibility index (Phi) is 7.30. The summed E-state index contributed by atoms with van der Waals surface area (Å²) < 4.78 is 7.42. The first kappa shape index (κ1) is 24.2. The van der Waals surface area contributed by atoms with Crippen LogP contribution in [0.4, 0.5) is 0 Å². The fraction of sp³-hybridized carbons (Fsp3) is 0.276. The van der Waals surface area contributed by atoms with Crippen LogP contribution >= 0.6 is 0 Å². The van der Waals surface area contributed by atoms with Crippen molar-refractivity contribution in [3.63, 3.8) is 0 Å². The van der Waals surface area contributed by atoms with Crippen molar-refractivity contribution in [1.29, 1.82) is 0 Å². The number of fused-ring (bicyclic) bond motifs is 1. The molecule has 1 unspecified atom stereocenters. The monoisotopic (exact) mass is 469 g/mol. The zero-order valence-electron chi connectivity index (χ0n) is 20.6. The van der Waals surface area contributed by atoms with E-state index in [1.165, 1.54) is 0 Å². The fourth-order valence-electron chi connectivity index (χ4n) is 4.23. The summed E-state index contributed by atoms with van der Waals surface area (Å²) in [6, 6.07) is 23.9. The van der Waals surface area contributed by atoms with Crippen molar-refractivity contribution >= 4 is 16.8 Å². The maximum absolute atomic E-state index is 13.7. The average Bonchev–Trinajstić information content (AvgIpc) is 2.86. The van der Waals surface area contributed by atoms with Gasteiger partial charge in [0.1, 0.15) is 11.6 Å². The number of aromatic nitrogens is 2. The first-order valence-corrected chi connectivity index (χ1v) is 11.9. The number of carbonyl (C=O) groups is 1. The van der Waals surface area contributed by atoms with Gasteiger partial charge in [0.25, 0.3) is 11.5 Å². The van der Waals surface area contributed by atoms with E-state index in [1.807, 2.05) is 86.6 Å². The van der Waals surface area contributed by atoms with E-state index in [0.29, 0.717) is 29.0 Å². The van der Waals surface area contributed by atoms with Crippen LogP contribution in [0.5, 0.6) is 5.75 Å². The summed E-state index contributed by atoms with van der Waals surface area (Å²) in [6.45, 7) is 8.43. The van der Waals surface area contributed by atoms with Gasteiger partial charge >= 0.3 is 0 Å². The van der Waals surface area contributed by atoms with E-state index in [-0.39, 0.29) is 24.0 Å². The average molecular weight is 470 g/mol. The number of amides is 1. The standard InChI is InChI=1S/C29H31N3O3/c1-20(2)18-31(27(33)19-35-23-13-6-5-7-14-23)22(4)28-30-25-16-10-9-15-24(25)29(34)32(28)26-17-11-8-12-21(26)3/h5-17,20,22H,18-19H2,1-4H3. The highest BCUT2D eigenvalue weighted by Crippen LogP contribution is 2.25. The molecule has 4 rings (SSSR count). The number of hydrogen-bond acceptors (Lipinski definition) is 4. The van der Waals surface area contributed by atoms with Crippen LogP contribution in [0.1, 0.15) is 38.2 Å². The fourth-order valence-corrected chi connectivity index (χ4v) is 4.23. The normalized spacial score (nSPS) is 12.0. The first-order chi connectivity index (χ1) is 16.9. The Bertz CT molecular complexity index is 1380. The Morgan fingerprint density at radius 3 is 2.31 bits per heavy atom. The molecule has 1 heterocycles. The number of nitrogens with zero attached hydrogens (tertiary/aromatic N) is 3. The number of rotatable bonds is 8. The summed E-state index contributed by atoms with van der Waals surface area (Å²) in [7, 11) is 0. The number of hydrogen-bond donors (Lipinski definition) is 0. The van der Waals surface area contributed by atoms with E-state index in [0.717, 1.165) is 11.3 Å². The van der Waals surface area contributed by atoms with Crippen LogP contribution in [0.15, 0.2) is 83.7 Å². The van der Waals surface area contributed by atoms with E-state index in [9.17, 15) is 9.59 Å². The minimum atomic E-state index is -0.457. The van der Waals surface area contributed by atoms with Gasteiger partial charge in [0.15, 0.2) is 6.61 Å². The number of ether oxygens (including phenoxy) is 1. The molecule has 0 aliphatic heterocycles. The smallest absolute Gasteiger partial charge is 0.266 e. The molecule has 1 aromatic heterocycles. The topological polar surface area (TPSA) is 64.4 Å². The van der Waals surface area contributed by atoms with Gasteiger partial charge in [-0.25, -0.2) is 4.98 Å². The molecule has 0 saturated heterocycles. The van der Waals surface area contributed by atoms with Crippen molar-refractivity contribution in [3.8, 4) is 11.4 Å². The van der Waals surface area contributed by atoms with E-state index in [4.69, 9.17) is 9.72 Å². The van der Waals surface area contributed by atoms with Crippen LogP contribution < -0.4 is 10.3 Å². The molecule has 6 nitrogen and oxygen atoms in total. The van der Waals surface area contributed by atoms with Gasteiger partial charge < -0.3 is 9.64 Å². The summed E-state index contributed by atoms with van der Waals surface area (Å²) in [6.07, 6.45) is 0. The Morgan fingerprint density at radius 2 is 1.60 bits per heavy atom. The van der Waals surface area contributed by atoms with Gasteiger partial charge in [0, 0.05) is 6.54 Å². The summed E-state index contributed by atoms with van der Waals surface area (Å²) in [4.78, 5) is 33.8. The van der Waals surface area contributed by atoms with Crippen molar-refractivity contribution in [2.24, 2.45) is 5.92 Å². The second-order valence-corrected chi connectivity index (χ2v) is 9.13. The van der Waals surface area contributed by atoms with Crippen LogP contribution in [0, 0.1) is 12.8 Å². The third-order valence-electron chi connectivity index (χ3n) is 5.99. The van der Waals surface area contributed by atoms with Gasteiger partial charge in [0.05, 0.1) is 22.6 Å². The van der Waals surface area contributed by atoms with E-state index in [1.54, 1.807) is 15.5 Å². The molecule has 0 aliphatic carbocycles. The summed E-state index contributed by atoms with van der Waals surface area (Å²) in [5, 5.41) is 0.542. The molecule has 180 valence electrons. The van der Waals surface area contributed by atoms with Crippen molar-refractivity contribution in [1.82, 2.24) is 14.5 Å². The molecular formula is C29H31N3O3. The molecule has 4 aromatic rings. The van der Waals surface area contributed by atoms with Crippen molar-refractivity contribution in [2.75, 3.05) is 13.2 Å². The molecule has 0 radical (unpaired) electrons. The molecule has 0 fully saturated rings. The zero-order valence-corrected chi connectivity index (χ0v) is 20.6. The number of aryl methyl sites for hydroxylation is 1. The lowest BCUT2D eigenvalue weighted by molar-refractivity contribution is -0.136. The van der Waals surface area contributed by atoms with Crippen molar-refractivity contribution in [3.05, 3.63) is 101 Å². The molecule has 0 aliphatic rings. The lowest BCUT2D eigenvalue weighted by Gasteiger charge is -2.32.